The van der Waals surface area contributed by atoms with Gasteiger partial charge in [0.15, 0.2) is 0 Å². The molecule has 2 nitrogen and oxygen atoms in total. The van der Waals surface area contributed by atoms with Crippen LogP contribution >= 0.6 is 0 Å². The zero-order valence-electron chi connectivity index (χ0n) is 15.5. The molecule has 2 heteroatoms. The number of nitriles is 2. The first-order valence-corrected chi connectivity index (χ1v) is 10.0. The van der Waals surface area contributed by atoms with Crippen molar-refractivity contribution in [3.63, 3.8) is 0 Å². The molecule has 2 aliphatic rings. The van der Waals surface area contributed by atoms with E-state index in [1.807, 2.05) is 12.1 Å². The topological polar surface area (TPSA) is 47.6 Å². The summed E-state index contributed by atoms with van der Waals surface area (Å²) in [6.45, 7) is 0. The molecule has 0 atom stereocenters. The van der Waals surface area contributed by atoms with Crippen LogP contribution in [0.15, 0.2) is 48.6 Å². The maximum atomic E-state index is 8.92. The lowest BCUT2D eigenvalue weighted by Gasteiger charge is -2.28. The summed E-state index contributed by atoms with van der Waals surface area (Å²) in [5.74, 6) is 2.75. The molecular weight excluding hydrogens is 316 g/mol. The second kappa shape index (κ2) is 9.40. The van der Waals surface area contributed by atoms with Crippen LogP contribution in [0.2, 0.25) is 0 Å². The summed E-state index contributed by atoms with van der Waals surface area (Å²) in [6, 6.07) is 12.5. The van der Waals surface area contributed by atoms with Crippen LogP contribution in [0, 0.1) is 40.4 Å². The molecule has 2 aliphatic carbocycles. The number of hydrogen-bond donors (Lipinski definition) is 0. The number of benzene rings is 1. The molecule has 0 heterocycles. The van der Waals surface area contributed by atoms with Crippen molar-refractivity contribution in [3.8, 4) is 12.1 Å². The highest BCUT2D eigenvalue weighted by atomic mass is 14.3. The molecule has 26 heavy (non-hydrogen) atoms. The average molecular weight is 345 g/mol. The molecule has 0 aromatic heterocycles. The Morgan fingerprint density at radius 3 is 1.69 bits per heavy atom. The smallest absolute Gasteiger partial charge is 0.0991 e. The first-order valence-electron chi connectivity index (χ1n) is 10.0. The Kier molecular flexibility index (Phi) is 6.68. The van der Waals surface area contributed by atoms with E-state index in [2.05, 4.69) is 42.5 Å². The molecule has 0 spiro atoms. The standard InChI is InChI=1S/C24H28N2/c25-17-1-2-19-3-5-20(6-4-19)7-8-21-9-13-23(14-10-21)24-15-11-22(18-26)12-16-24/h1-2,7-8,11-12,15-16,19-21,23H,3-6,9-10,13-14H2/t19-,20-,21-,23-. The predicted octanol–water partition coefficient (Wildman–Crippen LogP) is 6.27. The van der Waals surface area contributed by atoms with E-state index in [0.29, 0.717) is 11.8 Å². The van der Waals surface area contributed by atoms with Crippen LogP contribution in [0.25, 0.3) is 0 Å². The first kappa shape index (κ1) is 18.5. The Hall–Kier alpha value is -2.32. The van der Waals surface area contributed by atoms with Crippen LogP contribution in [0.5, 0.6) is 0 Å². The van der Waals surface area contributed by atoms with Gasteiger partial charge < -0.3 is 0 Å². The van der Waals surface area contributed by atoms with E-state index >= 15 is 0 Å². The largest absolute Gasteiger partial charge is 0.193 e. The van der Waals surface area contributed by atoms with Gasteiger partial charge in [-0.15, -0.1) is 0 Å². The lowest BCUT2D eigenvalue weighted by Crippen LogP contribution is -2.14. The van der Waals surface area contributed by atoms with Crippen LogP contribution < -0.4 is 0 Å². The monoisotopic (exact) mass is 344 g/mol. The highest BCUT2D eigenvalue weighted by molar-refractivity contribution is 5.33. The van der Waals surface area contributed by atoms with Crippen LogP contribution in [0.3, 0.4) is 0 Å². The van der Waals surface area contributed by atoms with E-state index in [0.717, 1.165) is 17.4 Å². The number of rotatable bonds is 4. The highest BCUT2D eigenvalue weighted by Gasteiger charge is 2.22. The van der Waals surface area contributed by atoms with Crippen molar-refractivity contribution < 1.29 is 0 Å². The second-order valence-corrected chi connectivity index (χ2v) is 7.89. The van der Waals surface area contributed by atoms with Gasteiger partial charge in [0.2, 0.25) is 0 Å². The van der Waals surface area contributed by atoms with E-state index in [-0.39, 0.29) is 0 Å². The van der Waals surface area contributed by atoms with Gasteiger partial charge in [0.05, 0.1) is 17.7 Å². The zero-order valence-corrected chi connectivity index (χ0v) is 15.5. The predicted molar refractivity (Wildman–Crippen MR) is 105 cm³/mol. The quantitative estimate of drug-likeness (QED) is 0.477. The molecule has 0 aliphatic heterocycles. The lowest BCUT2D eigenvalue weighted by atomic mass is 9.77. The van der Waals surface area contributed by atoms with Crippen molar-refractivity contribution in [2.75, 3.05) is 0 Å². The van der Waals surface area contributed by atoms with E-state index in [1.54, 1.807) is 6.08 Å². The Morgan fingerprint density at radius 1 is 0.692 bits per heavy atom. The second-order valence-electron chi connectivity index (χ2n) is 7.89. The summed E-state index contributed by atoms with van der Waals surface area (Å²) >= 11 is 0. The van der Waals surface area contributed by atoms with Gasteiger partial charge in [-0.3, -0.25) is 0 Å². The highest BCUT2D eigenvalue weighted by Crippen LogP contribution is 2.37. The molecule has 1 aromatic carbocycles. The third-order valence-corrected chi connectivity index (χ3v) is 6.20. The maximum absolute atomic E-state index is 8.92. The summed E-state index contributed by atoms with van der Waals surface area (Å²) < 4.78 is 0. The Balaban J connectivity index is 1.42. The fourth-order valence-corrected chi connectivity index (χ4v) is 4.50. The minimum absolute atomic E-state index is 0.613. The van der Waals surface area contributed by atoms with Crippen molar-refractivity contribution in [3.05, 3.63) is 59.7 Å². The van der Waals surface area contributed by atoms with E-state index < -0.39 is 0 Å². The van der Waals surface area contributed by atoms with Gasteiger partial charge in [-0.25, -0.2) is 0 Å². The van der Waals surface area contributed by atoms with E-state index in [1.165, 1.54) is 56.9 Å². The number of hydrogen-bond acceptors (Lipinski definition) is 2. The fourth-order valence-electron chi connectivity index (χ4n) is 4.50. The van der Waals surface area contributed by atoms with Crippen molar-refractivity contribution in [2.24, 2.45) is 17.8 Å². The Labute approximate surface area is 157 Å². The molecule has 0 bridgehead atoms. The molecule has 0 unspecified atom stereocenters. The first-order chi connectivity index (χ1) is 12.8. The van der Waals surface area contributed by atoms with Gasteiger partial charge in [-0.1, -0.05) is 30.4 Å². The molecule has 2 saturated carbocycles. The fraction of sp³-hybridized carbons (Fsp3) is 0.500. The summed E-state index contributed by atoms with van der Waals surface area (Å²) in [5, 5.41) is 17.6. The van der Waals surface area contributed by atoms with Gasteiger partial charge in [0.1, 0.15) is 0 Å². The summed E-state index contributed by atoms with van der Waals surface area (Å²) in [6.07, 6.45) is 18.7. The Morgan fingerprint density at radius 2 is 1.19 bits per heavy atom. The van der Waals surface area contributed by atoms with Crippen molar-refractivity contribution in [2.45, 2.75) is 57.3 Å². The molecule has 0 amide bonds. The normalized spacial score (nSPS) is 29.5. The number of allylic oxidation sites excluding steroid dienone is 4. The average Bonchev–Trinajstić information content (AvgIpc) is 2.72. The SMILES string of the molecule is N#CC=C[C@H]1CC[C@H](C=C[C@H]2CC[C@H](c3ccc(C#N)cc3)CC2)CC1. The van der Waals surface area contributed by atoms with Gasteiger partial charge >= 0.3 is 0 Å². The molecule has 0 saturated heterocycles. The lowest BCUT2D eigenvalue weighted by molar-refractivity contribution is 0.348. The van der Waals surface area contributed by atoms with Crippen LogP contribution in [-0.4, -0.2) is 0 Å². The molecule has 2 fully saturated rings. The van der Waals surface area contributed by atoms with Crippen molar-refractivity contribution >= 4 is 0 Å². The zero-order chi connectivity index (χ0) is 18.2. The summed E-state index contributed by atoms with van der Waals surface area (Å²) in [4.78, 5) is 0. The van der Waals surface area contributed by atoms with Crippen LogP contribution in [0.4, 0.5) is 0 Å². The molecule has 3 rings (SSSR count). The molecule has 1 aromatic rings. The Bertz CT molecular complexity index is 698. The molecular formula is C24H28N2. The molecule has 134 valence electrons. The third kappa shape index (κ3) is 5.09. The van der Waals surface area contributed by atoms with Gasteiger partial charge in [0, 0.05) is 6.08 Å². The van der Waals surface area contributed by atoms with Crippen molar-refractivity contribution in [1.29, 1.82) is 10.5 Å². The van der Waals surface area contributed by atoms with Gasteiger partial charge in [-0.05, 0) is 92.7 Å². The van der Waals surface area contributed by atoms with Gasteiger partial charge in [-0.2, -0.15) is 10.5 Å². The third-order valence-electron chi connectivity index (χ3n) is 6.20. The molecule has 0 N–H and O–H groups in total. The summed E-state index contributed by atoms with van der Waals surface area (Å²) in [5.41, 5.74) is 2.15. The van der Waals surface area contributed by atoms with Crippen LogP contribution in [0.1, 0.15) is 68.4 Å². The maximum Gasteiger partial charge on any atom is 0.0991 e. The van der Waals surface area contributed by atoms with Gasteiger partial charge in [0.25, 0.3) is 0 Å². The van der Waals surface area contributed by atoms with E-state index in [9.17, 15) is 0 Å². The minimum Gasteiger partial charge on any atom is -0.193 e. The van der Waals surface area contributed by atoms with Crippen molar-refractivity contribution in [1.82, 2.24) is 0 Å². The molecule has 0 radical (unpaired) electrons. The summed E-state index contributed by atoms with van der Waals surface area (Å²) in [7, 11) is 0. The minimum atomic E-state index is 0.613. The van der Waals surface area contributed by atoms with E-state index in [4.69, 9.17) is 10.5 Å². The van der Waals surface area contributed by atoms with Crippen LogP contribution in [-0.2, 0) is 0 Å². The number of nitrogens with zero attached hydrogens (tertiary/aromatic N) is 2.